The van der Waals surface area contributed by atoms with Crippen LogP contribution in [0.1, 0.15) is 0 Å². The van der Waals surface area contributed by atoms with E-state index < -0.39 is 6.03 Å². The molecule has 7 nitrogen and oxygen atoms in total. The zero-order valence-corrected chi connectivity index (χ0v) is 18.3. The standard InChI is InChI=1S/C25H20N6OS/c32-25(28-18-11-5-2-6-12-18)31-24-29-22(27-17-9-3-1-4-10-17)15-23(30-24)33-21-16-26-20-14-8-7-13-19(20)21/h1-16,26H,(H3,27,28,29,30,31,32). The SMILES string of the molecule is O=C(Nc1ccccc1)Nc1nc(Nc2ccccc2)cc(Sc2c[nH]c3ccccc23)n1. The Balaban J connectivity index is 1.43. The summed E-state index contributed by atoms with van der Waals surface area (Å²) in [5.41, 5.74) is 2.62. The van der Waals surface area contributed by atoms with Crippen molar-refractivity contribution in [2.45, 2.75) is 9.92 Å². The Morgan fingerprint density at radius 3 is 2.27 bits per heavy atom. The number of H-pyrrole nitrogens is 1. The third-order valence-electron chi connectivity index (χ3n) is 4.77. The molecule has 162 valence electrons. The molecule has 0 saturated carbocycles. The van der Waals surface area contributed by atoms with Crippen LogP contribution >= 0.6 is 11.8 Å². The van der Waals surface area contributed by atoms with Gasteiger partial charge in [-0.15, -0.1) is 0 Å². The number of amides is 2. The van der Waals surface area contributed by atoms with E-state index in [9.17, 15) is 4.79 Å². The van der Waals surface area contributed by atoms with Crippen molar-refractivity contribution in [2.75, 3.05) is 16.0 Å². The van der Waals surface area contributed by atoms with E-state index >= 15 is 0 Å². The molecule has 0 fully saturated rings. The topological polar surface area (TPSA) is 94.7 Å². The van der Waals surface area contributed by atoms with Gasteiger partial charge in [0.25, 0.3) is 0 Å². The molecule has 2 heterocycles. The smallest absolute Gasteiger partial charge is 0.326 e. The molecule has 0 spiro atoms. The fourth-order valence-electron chi connectivity index (χ4n) is 3.29. The molecule has 0 bridgehead atoms. The Morgan fingerprint density at radius 1 is 0.788 bits per heavy atom. The maximum atomic E-state index is 12.5. The molecular weight excluding hydrogens is 432 g/mol. The largest absolute Gasteiger partial charge is 0.360 e. The molecule has 0 saturated heterocycles. The predicted octanol–water partition coefficient (Wildman–Crippen LogP) is 6.50. The van der Waals surface area contributed by atoms with Crippen molar-refractivity contribution in [1.29, 1.82) is 0 Å². The Kier molecular flexibility index (Phi) is 5.90. The Hall–Kier alpha value is -4.30. The number of fused-ring (bicyclic) bond motifs is 1. The quantitative estimate of drug-likeness (QED) is 0.221. The molecule has 0 atom stereocenters. The first kappa shape index (κ1) is 20.6. The second kappa shape index (κ2) is 9.46. The highest BCUT2D eigenvalue weighted by atomic mass is 32.2. The number of urea groups is 1. The van der Waals surface area contributed by atoms with E-state index in [1.165, 1.54) is 11.8 Å². The zero-order valence-electron chi connectivity index (χ0n) is 17.4. The van der Waals surface area contributed by atoms with Gasteiger partial charge in [-0.2, -0.15) is 4.98 Å². The molecule has 0 unspecified atom stereocenters. The molecule has 8 heteroatoms. The third-order valence-corrected chi connectivity index (χ3v) is 5.75. The molecule has 5 aromatic rings. The average molecular weight is 453 g/mol. The highest BCUT2D eigenvalue weighted by Gasteiger charge is 2.12. The molecule has 0 aliphatic heterocycles. The van der Waals surface area contributed by atoms with E-state index in [-0.39, 0.29) is 5.95 Å². The number of nitrogens with one attached hydrogen (secondary N) is 4. The van der Waals surface area contributed by atoms with Gasteiger partial charge < -0.3 is 15.6 Å². The van der Waals surface area contributed by atoms with Gasteiger partial charge in [0.15, 0.2) is 0 Å². The van der Waals surface area contributed by atoms with Crippen LogP contribution in [0.2, 0.25) is 0 Å². The van der Waals surface area contributed by atoms with E-state index in [2.05, 4.69) is 37.0 Å². The van der Waals surface area contributed by atoms with Crippen molar-refractivity contribution in [3.63, 3.8) is 0 Å². The Morgan fingerprint density at radius 2 is 1.48 bits per heavy atom. The molecule has 5 rings (SSSR count). The number of para-hydroxylation sites is 3. The fourth-order valence-corrected chi connectivity index (χ4v) is 4.23. The molecule has 4 N–H and O–H groups in total. The summed E-state index contributed by atoms with van der Waals surface area (Å²) < 4.78 is 0. The van der Waals surface area contributed by atoms with E-state index in [1.54, 1.807) is 0 Å². The van der Waals surface area contributed by atoms with Crippen LogP contribution in [0.4, 0.5) is 27.9 Å². The van der Waals surface area contributed by atoms with Gasteiger partial charge in [0.1, 0.15) is 10.8 Å². The first-order valence-electron chi connectivity index (χ1n) is 10.3. The molecule has 0 radical (unpaired) electrons. The fraction of sp³-hybridized carbons (Fsp3) is 0. The van der Waals surface area contributed by atoms with Gasteiger partial charge in [-0.3, -0.25) is 5.32 Å². The summed E-state index contributed by atoms with van der Waals surface area (Å²) in [6.45, 7) is 0. The lowest BCUT2D eigenvalue weighted by atomic mass is 10.2. The molecule has 0 aliphatic rings. The van der Waals surface area contributed by atoms with Crippen molar-refractivity contribution in [3.05, 3.63) is 97.2 Å². The van der Waals surface area contributed by atoms with Crippen molar-refractivity contribution in [1.82, 2.24) is 15.0 Å². The molecule has 2 amide bonds. The summed E-state index contributed by atoms with van der Waals surface area (Å²) in [6, 6.07) is 28.5. The van der Waals surface area contributed by atoms with Crippen LogP contribution in [-0.4, -0.2) is 21.0 Å². The van der Waals surface area contributed by atoms with E-state index in [0.717, 1.165) is 21.5 Å². The number of carbonyl (C=O) groups excluding carboxylic acids is 1. The van der Waals surface area contributed by atoms with Gasteiger partial charge in [-0.1, -0.05) is 66.4 Å². The monoisotopic (exact) mass is 452 g/mol. The normalized spacial score (nSPS) is 10.7. The first-order chi connectivity index (χ1) is 16.2. The van der Waals surface area contributed by atoms with Crippen molar-refractivity contribution >= 4 is 51.8 Å². The lowest BCUT2D eigenvalue weighted by Gasteiger charge is -2.11. The van der Waals surface area contributed by atoms with Crippen LogP contribution < -0.4 is 16.0 Å². The van der Waals surface area contributed by atoms with Gasteiger partial charge in [0.2, 0.25) is 5.95 Å². The zero-order chi connectivity index (χ0) is 22.5. The summed E-state index contributed by atoms with van der Waals surface area (Å²) in [6.07, 6.45) is 1.96. The van der Waals surface area contributed by atoms with Gasteiger partial charge in [0, 0.05) is 39.4 Å². The van der Waals surface area contributed by atoms with Crippen molar-refractivity contribution in [2.24, 2.45) is 0 Å². The minimum absolute atomic E-state index is 0.201. The molecule has 0 aliphatic carbocycles. The van der Waals surface area contributed by atoms with Crippen molar-refractivity contribution < 1.29 is 4.79 Å². The molecule has 3 aromatic carbocycles. The number of rotatable bonds is 6. The number of carbonyl (C=O) groups is 1. The van der Waals surface area contributed by atoms with Crippen LogP contribution in [0.5, 0.6) is 0 Å². The van der Waals surface area contributed by atoms with Gasteiger partial charge >= 0.3 is 6.03 Å². The number of benzene rings is 3. The average Bonchev–Trinajstić information content (AvgIpc) is 3.23. The third kappa shape index (κ3) is 5.13. The number of hydrogen-bond donors (Lipinski definition) is 4. The number of aromatic amines is 1. The van der Waals surface area contributed by atoms with Crippen LogP contribution in [0.3, 0.4) is 0 Å². The lowest BCUT2D eigenvalue weighted by molar-refractivity contribution is 0.262. The maximum Gasteiger partial charge on any atom is 0.326 e. The predicted molar refractivity (Wildman–Crippen MR) is 133 cm³/mol. The first-order valence-corrected chi connectivity index (χ1v) is 11.1. The van der Waals surface area contributed by atoms with Crippen molar-refractivity contribution in [3.8, 4) is 0 Å². The summed E-state index contributed by atoms with van der Waals surface area (Å²) in [5.74, 6) is 0.778. The summed E-state index contributed by atoms with van der Waals surface area (Å²) in [4.78, 5) is 25.9. The van der Waals surface area contributed by atoms with E-state index in [0.29, 0.717) is 16.5 Å². The molecular formula is C25H20N6OS. The van der Waals surface area contributed by atoms with Gasteiger partial charge in [-0.25, -0.2) is 9.78 Å². The number of anilines is 4. The number of nitrogens with zero attached hydrogens (tertiary/aromatic N) is 2. The van der Waals surface area contributed by atoms with E-state index in [4.69, 9.17) is 0 Å². The highest BCUT2D eigenvalue weighted by Crippen LogP contribution is 2.34. The van der Waals surface area contributed by atoms with Crippen LogP contribution in [-0.2, 0) is 0 Å². The summed E-state index contributed by atoms with van der Waals surface area (Å²) in [5, 5.41) is 10.6. The minimum Gasteiger partial charge on any atom is -0.360 e. The second-order valence-corrected chi connectivity index (χ2v) is 8.21. The van der Waals surface area contributed by atoms with Gasteiger partial charge in [-0.05, 0) is 30.3 Å². The van der Waals surface area contributed by atoms with Crippen LogP contribution in [0, 0.1) is 0 Å². The second-order valence-electron chi connectivity index (χ2n) is 7.15. The Bertz CT molecular complexity index is 1390. The highest BCUT2D eigenvalue weighted by molar-refractivity contribution is 7.99. The molecule has 2 aromatic heterocycles. The maximum absolute atomic E-state index is 12.5. The summed E-state index contributed by atoms with van der Waals surface area (Å²) in [7, 11) is 0. The lowest BCUT2D eigenvalue weighted by Crippen LogP contribution is -2.21. The van der Waals surface area contributed by atoms with Gasteiger partial charge in [0.05, 0.1) is 0 Å². The number of hydrogen-bond acceptors (Lipinski definition) is 5. The minimum atomic E-state index is -0.416. The van der Waals surface area contributed by atoms with Crippen LogP contribution in [0.15, 0.2) is 107 Å². The number of aromatic nitrogens is 3. The Labute approximate surface area is 194 Å². The summed E-state index contributed by atoms with van der Waals surface area (Å²) >= 11 is 1.50. The van der Waals surface area contributed by atoms with Crippen LogP contribution in [0.25, 0.3) is 10.9 Å². The van der Waals surface area contributed by atoms with E-state index in [1.807, 2.05) is 91.1 Å². The molecule has 33 heavy (non-hydrogen) atoms.